The Morgan fingerprint density at radius 1 is 1.67 bits per heavy atom. The van der Waals surface area contributed by atoms with Crippen LogP contribution in [0.4, 0.5) is 5.82 Å². The molecule has 0 aliphatic carbocycles. The van der Waals surface area contributed by atoms with Gasteiger partial charge < -0.3 is 16.0 Å². The number of hydrogen-bond acceptors (Lipinski definition) is 4. The van der Waals surface area contributed by atoms with E-state index in [4.69, 9.17) is 5.73 Å². The van der Waals surface area contributed by atoms with Crippen molar-refractivity contribution in [3.05, 3.63) is 23.9 Å². The molecular formula is C13H20N4O. The Labute approximate surface area is 107 Å². The van der Waals surface area contributed by atoms with Crippen LogP contribution in [0.3, 0.4) is 0 Å². The topological polar surface area (TPSA) is 71.2 Å². The first kappa shape index (κ1) is 12.8. The molecule has 2 rings (SSSR count). The average molecular weight is 248 g/mol. The van der Waals surface area contributed by atoms with Gasteiger partial charge in [0.05, 0.1) is 5.56 Å². The predicted octanol–water partition coefficient (Wildman–Crippen LogP) is 0.735. The molecule has 0 radical (unpaired) electrons. The number of aromatic nitrogens is 1. The van der Waals surface area contributed by atoms with Crippen LogP contribution in [-0.2, 0) is 0 Å². The van der Waals surface area contributed by atoms with Gasteiger partial charge in [-0.1, -0.05) is 6.92 Å². The second kappa shape index (κ2) is 5.82. The Balaban J connectivity index is 1.84. The first-order chi connectivity index (χ1) is 8.70. The van der Waals surface area contributed by atoms with E-state index in [1.165, 1.54) is 0 Å². The molecule has 2 heterocycles. The lowest BCUT2D eigenvalue weighted by molar-refractivity contribution is 0.0948. The number of rotatable bonds is 4. The molecule has 1 atom stereocenters. The number of carbonyl (C=O) groups excluding carboxylic acids is 1. The predicted molar refractivity (Wildman–Crippen MR) is 71.2 cm³/mol. The van der Waals surface area contributed by atoms with Crippen LogP contribution in [0.15, 0.2) is 18.3 Å². The molecule has 1 aliphatic heterocycles. The number of anilines is 1. The molecule has 5 heteroatoms. The molecule has 1 aromatic heterocycles. The molecule has 0 bridgehead atoms. The van der Waals surface area contributed by atoms with Crippen LogP contribution in [0.2, 0.25) is 0 Å². The van der Waals surface area contributed by atoms with E-state index in [9.17, 15) is 4.79 Å². The smallest absolute Gasteiger partial charge is 0.255 e. The van der Waals surface area contributed by atoms with E-state index < -0.39 is 0 Å². The zero-order valence-corrected chi connectivity index (χ0v) is 10.7. The number of pyridine rings is 1. The van der Waals surface area contributed by atoms with Crippen molar-refractivity contribution in [3.8, 4) is 0 Å². The van der Waals surface area contributed by atoms with Gasteiger partial charge in [0, 0.05) is 19.3 Å². The average Bonchev–Trinajstić information content (AvgIpc) is 2.84. The number of amides is 1. The summed E-state index contributed by atoms with van der Waals surface area (Å²) in [4.78, 5) is 18.2. The second-order valence-corrected chi connectivity index (χ2v) is 4.69. The van der Waals surface area contributed by atoms with Crippen LogP contribution in [0.5, 0.6) is 0 Å². The summed E-state index contributed by atoms with van der Waals surface area (Å²) in [7, 11) is 0. The lowest BCUT2D eigenvalue weighted by Crippen LogP contribution is -2.31. The summed E-state index contributed by atoms with van der Waals surface area (Å²) in [5, 5.41) is 2.94. The first-order valence-corrected chi connectivity index (χ1v) is 6.41. The van der Waals surface area contributed by atoms with Crippen LogP contribution in [0, 0.1) is 5.92 Å². The standard InChI is InChI=1S/C13H20N4O/c1-2-17-7-5-10(9-17)8-16-13(18)11-4-3-6-15-12(11)14/h3-4,6,10H,2,5,7-9H2,1H3,(H2,14,15)(H,16,18). The minimum Gasteiger partial charge on any atom is -0.383 e. The van der Waals surface area contributed by atoms with Crippen molar-refractivity contribution in [1.82, 2.24) is 15.2 Å². The number of nitrogens with one attached hydrogen (secondary N) is 1. The van der Waals surface area contributed by atoms with Gasteiger partial charge in [-0.2, -0.15) is 0 Å². The number of hydrogen-bond donors (Lipinski definition) is 2. The summed E-state index contributed by atoms with van der Waals surface area (Å²) < 4.78 is 0. The highest BCUT2D eigenvalue weighted by Crippen LogP contribution is 2.15. The van der Waals surface area contributed by atoms with Gasteiger partial charge in [-0.3, -0.25) is 4.79 Å². The molecule has 1 aliphatic rings. The summed E-state index contributed by atoms with van der Waals surface area (Å²) in [6.07, 6.45) is 2.73. The van der Waals surface area contributed by atoms with Crippen LogP contribution in [-0.4, -0.2) is 42.0 Å². The minimum absolute atomic E-state index is 0.129. The van der Waals surface area contributed by atoms with Gasteiger partial charge >= 0.3 is 0 Å². The van der Waals surface area contributed by atoms with Gasteiger partial charge in [-0.05, 0) is 37.6 Å². The van der Waals surface area contributed by atoms with Crippen molar-refractivity contribution in [2.75, 3.05) is 31.9 Å². The van der Waals surface area contributed by atoms with E-state index in [-0.39, 0.29) is 11.7 Å². The third-order valence-electron chi connectivity index (χ3n) is 3.45. The van der Waals surface area contributed by atoms with E-state index in [0.717, 1.165) is 26.1 Å². The Morgan fingerprint density at radius 3 is 3.17 bits per heavy atom. The SMILES string of the molecule is CCN1CCC(CNC(=O)c2cccnc2N)C1. The largest absolute Gasteiger partial charge is 0.383 e. The van der Waals surface area contributed by atoms with E-state index >= 15 is 0 Å². The highest BCUT2D eigenvalue weighted by atomic mass is 16.1. The molecule has 18 heavy (non-hydrogen) atoms. The maximum Gasteiger partial charge on any atom is 0.255 e. The van der Waals surface area contributed by atoms with Crippen LogP contribution in [0.1, 0.15) is 23.7 Å². The lowest BCUT2D eigenvalue weighted by atomic mass is 10.1. The molecular weight excluding hydrogens is 228 g/mol. The van der Waals surface area contributed by atoms with Crippen molar-refractivity contribution >= 4 is 11.7 Å². The minimum atomic E-state index is -0.129. The molecule has 1 unspecified atom stereocenters. The van der Waals surface area contributed by atoms with Crippen molar-refractivity contribution < 1.29 is 4.79 Å². The highest BCUT2D eigenvalue weighted by Gasteiger charge is 2.21. The number of carbonyl (C=O) groups is 1. The first-order valence-electron chi connectivity index (χ1n) is 6.41. The fourth-order valence-corrected chi connectivity index (χ4v) is 2.31. The van der Waals surface area contributed by atoms with E-state index in [2.05, 4.69) is 22.1 Å². The Kier molecular flexibility index (Phi) is 4.15. The highest BCUT2D eigenvalue weighted by molar-refractivity contribution is 5.98. The molecule has 3 N–H and O–H groups in total. The third kappa shape index (κ3) is 2.98. The van der Waals surface area contributed by atoms with Gasteiger partial charge in [0.25, 0.3) is 5.91 Å². The summed E-state index contributed by atoms with van der Waals surface area (Å²) in [5.41, 5.74) is 6.13. The van der Waals surface area contributed by atoms with Gasteiger partial charge in [-0.25, -0.2) is 4.98 Å². The zero-order valence-electron chi connectivity index (χ0n) is 10.7. The fourth-order valence-electron chi connectivity index (χ4n) is 2.31. The number of nitrogen functional groups attached to an aromatic ring is 1. The van der Waals surface area contributed by atoms with E-state index in [0.29, 0.717) is 18.0 Å². The van der Waals surface area contributed by atoms with Gasteiger partial charge in [0.1, 0.15) is 5.82 Å². The van der Waals surface area contributed by atoms with Crippen molar-refractivity contribution in [3.63, 3.8) is 0 Å². The molecule has 98 valence electrons. The van der Waals surface area contributed by atoms with Crippen molar-refractivity contribution in [2.24, 2.45) is 5.92 Å². The number of nitrogens with zero attached hydrogens (tertiary/aromatic N) is 2. The Morgan fingerprint density at radius 2 is 2.50 bits per heavy atom. The maximum absolute atomic E-state index is 11.9. The molecule has 5 nitrogen and oxygen atoms in total. The summed E-state index contributed by atoms with van der Waals surface area (Å²) >= 11 is 0. The molecule has 0 saturated carbocycles. The van der Waals surface area contributed by atoms with Crippen LogP contribution in [0.25, 0.3) is 0 Å². The molecule has 0 aromatic carbocycles. The zero-order chi connectivity index (χ0) is 13.0. The van der Waals surface area contributed by atoms with E-state index in [1.54, 1.807) is 18.3 Å². The molecule has 1 saturated heterocycles. The van der Waals surface area contributed by atoms with Gasteiger partial charge in [0.2, 0.25) is 0 Å². The van der Waals surface area contributed by atoms with Crippen molar-refractivity contribution in [1.29, 1.82) is 0 Å². The Bertz CT molecular complexity index is 421. The summed E-state index contributed by atoms with van der Waals surface area (Å²) in [6, 6.07) is 3.42. The van der Waals surface area contributed by atoms with Crippen molar-refractivity contribution in [2.45, 2.75) is 13.3 Å². The molecule has 1 amide bonds. The molecule has 1 fully saturated rings. The third-order valence-corrected chi connectivity index (χ3v) is 3.45. The van der Waals surface area contributed by atoms with Gasteiger partial charge in [-0.15, -0.1) is 0 Å². The number of likely N-dealkylation sites (tertiary alicyclic amines) is 1. The normalized spacial score (nSPS) is 19.9. The lowest BCUT2D eigenvalue weighted by Gasteiger charge is -2.14. The van der Waals surface area contributed by atoms with Gasteiger partial charge in [0.15, 0.2) is 0 Å². The summed E-state index contributed by atoms with van der Waals surface area (Å²) in [6.45, 7) is 6.16. The van der Waals surface area contributed by atoms with Crippen LogP contribution < -0.4 is 11.1 Å². The second-order valence-electron chi connectivity index (χ2n) is 4.69. The quantitative estimate of drug-likeness (QED) is 0.824. The molecule has 1 aromatic rings. The monoisotopic (exact) mass is 248 g/mol. The molecule has 0 spiro atoms. The van der Waals surface area contributed by atoms with E-state index in [1.807, 2.05) is 0 Å². The van der Waals surface area contributed by atoms with Crippen LogP contribution >= 0.6 is 0 Å². The number of nitrogens with two attached hydrogens (primary N) is 1. The fraction of sp³-hybridized carbons (Fsp3) is 0.538. The maximum atomic E-state index is 11.9. The Hall–Kier alpha value is -1.62. The summed E-state index contributed by atoms with van der Waals surface area (Å²) in [5.74, 6) is 0.707.